The molecule has 0 spiro atoms. The lowest BCUT2D eigenvalue weighted by molar-refractivity contribution is 0.344. The van der Waals surface area contributed by atoms with E-state index in [0.717, 1.165) is 19.6 Å². The minimum Gasteiger partial charge on any atom is -0.467 e. The van der Waals surface area contributed by atoms with Crippen LogP contribution < -0.4 is 15.4 Å². The minimum absolute atomic E-state index is 0.323. The van der Waals surface area contributed by atoms with Gasteiger partial charge in [-0.2, -0.15) is 15.0 Å². The molecule has 1 atom stereocenters. The SMILES string of the molecule is CCN1CCC(CNc2nc(NC)nc(OC)n2)C1. The quantitative estimate of drug-likeness (QED) is 0.784. The zero-order valence-corrected chi connectivity index (χ0v) is 11.8. The van der Waals surface area contributed by atoms with E-state index in [-0.39, 0.29) is 0 Å². The molecule has 1 unspecified atom stereocenters. The van der Waals surface area contributed by atoms with Crippen molar-refractivity contribution in [3.8, 4) is 6.01 Å². The van der Waals surface area contributed by atoms with Crippen molar-refractivity contribution in [1.82, 2.24) is 19.9 Å². The average Bonchev–Trinajstić information content (AvgIpc) is 2.92. The molecule has 1 aliphatic rings. The first-order valence-electron chi connectivity index (χ1n) is 6.69. The van der Waals surface area contributed by atoms with Gasteiger partial charge in [0.05, 0.1) is 7.11 Å². The monoisotopic (exact) mass is 266 g/mol. The van der Waals surface area contributed by atoms with E-state index in [0.29, 0.717) is 23.8 Å². The highest BCUT2D eigenvalue weighted by molar-refractivity contribution is 5.35. The Morgan fingerprint density at radius 3 is 2.74 bits per heavy atom. The van der Waals surface area contributed by atoms with E-state index in [1.807, 2.05) is 0 Å². The van der Waals surface area contributed by atoms with E-state index in [2.05, 4.69) is 37.4 Å². The van der Waals surface area contributed by atoms with Crippen LogP contribution in [0.25, 0.3) is 0 Å². The largest absolute Gasteiger partial charge is 0.467 e. The molecular formula is C12H22N6O. The Morgan fingerprint density at radius 2 is 2.11 bits per heavy atom. The van der Waals surface area contributed by atoms with Crippen molar-refractivity contribution in [2.75, 3.05) is 51.0 Å². The maximum Gasteiger partial charge on any atom is 0.322 e. The van der Waals surface area contributed by atoms with Crippen molar-refractivity contribution in [3.05, 3.63) is 0 Å². The molecule has 1 fully saturated rings. The molecule has 19 heavy (non-hydrogen) atoms. The van der Waals surface area contributed by atoms with Crippen molar-refractivity contribution in [2.45, 2.75) is 13.3 Å². The Balaban J connectivity index is 1.92. The van der Waals surface area contributed by atoms with Crippen molar-refractivity contribution in [2.24, 2.45) is 5.92 Å². The van der Waals surface area contributed by atoms with Gasteiger partial charge >= 0.3 is 6.01 Å². The summed E-state index contributed by atoms with van der Waals surface area (Å²) in [6.07, 6.45) is 1.22. The van der Waals surface area contributed by atoms with Crippen LogP contribution in [0.1, 0.15) is 13.3 Å². The second-order valence-electron chi connectivity index (χ2n) is 4.65. The summed E-state index contributed by atoms with van der Waals surface area (Å²) in [4.78, 5) is 15.0. The summed E-state index contributed by atoms with van der Waals surface area (Å²) in [5, 5.41) is 6.17. The third-order valence-corrected chi connectivity index (χ3v) is 3.39. The summed E-state index contributed by atoms with van der Waals surface area (Å²) in [5.74, 6) is 1.72. The van der Waals surface area contributed by atoms with E-state index in [4.69, 9.17) is 4.74 Å². The molecule has 2 N–H and O–H groups in total. The second kappa shape index (κ2) is 6.51. The van der Waals surface area contributed by atoms with Gasteiger partial charge in [0.2, 0.25) is 11.9 Å². The zero-order valence-electron chi connectivity index (χ0n) is 11.8. The molecular weight excluding hydrogens is 244 g/mol. The van der Waals surface area contributed by atoms with Crippen LogP contribution in [0.4, 0.5) is 11.9 Å². The number of hydrogen-bond donors (Lipinski definition) is 2. The highest BCUT2D eigenvalue weighted by Gasteiger charge is 2.21. The number of ether oxygens (including phenoxy) is 1. The normalized spacial score (nSPS) is 19.4. The smallest absolute Gasteiger partial charge is 0.322 e. The van der Waals surface area contributed by atoms with Crippen LogP contribution in [0.2, 0.25) is 0 Å². The van der Waals surface area contributed by atoms with Gasteiger partial charge in [-0.3, -0.25) is 0 Å². The van der Waals surface area contributed by atoms with Crippen molar-refractivity contribution >= 4 is 11.9 Å². The zero-order chi connectivity index (χ0) is 13.7. The lowest BCUT2D eigenvalue weighted by atomic mass is 10.1. The summed E-state index contributed by atoms with van der Waals surface area (Å²) in [6, 6.07) is 0.323. The van der Waals surface area contributed by atoms with E-state index in [1.54, 1.807) is 14.2 Å². The third-order valence-electron chi connectivity index (χ3n) is 3.39. The van der Waals surface area contributed by atoms with Crippen molar-refractivity contribution in [1.29, 1.82) is 0 Å². The van der Waals surface area contributed by atoms with Gasteiger partial charge in [0.1, 0.15) is 0 Å². The molecule has 0 saturated carbocycles. The van der Waals surface area contributed by atoms with Crippen LogP contribution in [-0.2, 0) is 0 Å². The van der Waals surface area contributed by atoms with Gasteiger partial charge in [0.15, 0.2) is 0 Å². The molecule has 1 aromatic heterocycles. The van der Waals surface area contributed by atoms with Crippen molar-refractivity contribution in [3.63, 3.8) is 0 Å². The van der Waals surface area contributed by atoms with Crippen LogP contribution in [0.15, 0.2) is 0 Å². The summed E-state index contributed by atoms with van der Waals surface area (Å²) in [6.45, 7) is 6.54. The number of nitrogens with one attached hydrogen (secondary N) is 2. The van der Waals surface area contributed by atoms with Crippen LogP contribution in [0.3, 0.4) is 0 Å². The van der Waals surface area contributed by atoms with E-state index >= 15 is 0 Å². The molecule has 0 radical (unpaired) electrons. The average molecular weight is 266 g/mol. The number of rotatable bonds is 6. The number of likely N-dealkylation sites (tertiary alicyclic amines) is 1. The first-order valence-corrected chi connectivity index (χ1v) is 6.69. The lowest BCUT2D eigenvalue weighted by Crippen LogP contribution is -2.23. The van der Waals surface area contributed by atoms with Crippen LogP contribution in [-0.4, -0.2) is 60.2 Å². The number of hydrogen-bond acceptors (Lipinski definition) is 7. The maximum absolute atomic E-state index is 5.05. The van der Waals surface area contributed by atoms with E-state index in [9.17, 15) is 0 Å². The molecule has 0 aromatic carbocycles. The van der Waals surface area contributed by atoms with Gasteiger partial charge in [0.25, 0.3) is 0 Å². The highest BCUT2D eigenvalue weighted by atomic mass is 16.5. The number of aromatic nitrogens is 3. The first-order chi connectivity index (χ1) is 9.25. The van der Waals surface area contributed by atoms with Gasteiger partial charge in [-0.25, -0.2) is 0 Å². The summed E-state index contributed by atoms with van der Waals surface area (Å²) >= 11 is 0. The molecule has 106 valence electrons. The number of anilines is 2. The predicted octanol–water partition coefficient (Wildman–Crippen LogP) is 0.676. The van der Waals surface area contributed by atoms with Crippen LogP contribution in [0, 0.1) is 5.92 Å². The van der Waals surface area contributed by atoms with Crippen LogP contribution >= 0.6 is 0 Å². The second-order valence-corrected chi connectivity index (χ2v) is 4.65. The fraction of sp³-hybridized carbons (Fsp3) is 0.750. The van der Waals surface area contributed by atoms with Gasteiger partial charge in [-0.1, -0.05) is 6.92 Å². The fourth-order valence-corrected chi connectivity index (χ4v) is 2.24. The molecule has 7 nitrogen and oxygen atoms in total. The Hall–Kier alpha value is -1.63. The topological polar surface area (TPSA) is 75.2 Å². The summed E-state index contributed by atoms with van der Waals surface area (Å²) in [7, 11) is 3.32. The standard InChI is InChI=1S/C12H22N6O/c1-4-18-6-5-9(8-18)7-14-11-15-10(13-2)16-12(17-11)19-3/h9H,4-8H2,1-3H3,(H2,13,14,15,16,17). The van der Waals surface area contributed by atoms with Gasteiger partial charge in [-0.05, 0) is 25.4 Å². The summed E-state index contributed by atoms with van der Waals surface area (Å²) < 4.78 is 5.05. The Morgan fingerprint density at radius 1 is 1.32 bits per heavy atom. The first kappa shape index (κ1) is 13.8. The Bertz CT molecular complexity index is 391. The van der Waals surface area contributed by atoms with Crippen molar-refractivity contribution < 1.29 is 4.74 Å². The lowest BCUT2D eigenvalue weighted by Gasteiger charge is -2.14. The molecule has 0 amide bonds. The van der Waals surface area contributed by atoms with Gasteiger partial charge in [0, 0.05) is 20.1 Å². The molecule has 1 aliphatic heterocycles. The molecule has 1 aromatic rings. The minimum atomic E-state index is 0.323. The Kier molecular flexibility index (Phi) is 4.73. The molecule has 0 bridgehead atoms. The maximum atomic E-state index is 5.05. The molecule has 2 rings (SSSR count). The number of nitrogens with zero attached hydrogens (tertiary/aromatic N) is 4. The van der Waals surface area contributed by atoms with E-state index in [1.165, 1.54) is 13.0 Å². The Labute approximate surface area is 113 Å². The predicted molar refractivity (Wildman–Crippen MR) is 74.6 cm³/mol. The van der Waals surface area contributed by atoms with E-state index < -0.39 is 0 Å². The van der Waals surface area contributed by atoms with Crippen LogP contribution in [0.5, 0.6) is 6.01 Å². The number of methoxy groups -OCH3 is 1. The molecule has 7 heteroatoms. The summed E-state index contributed by atoms with van der Waals surface area (Å²) in [5.41, 5.74) is 0. The third kappa shape index (κ3) is 3.66. The highest BCUT2D eigenvalue weighted by Crippen LogP contribution is 2.17. The van der Waals surface area contributed by atoms with Gasteiger partial charge in [-0.15, -0.1) is 0 Å². The molecule has 1 saturated heterocycles. The molecule has 2 heterocycles. The molecule has 0 aliphatic carbocycles. The fourth-order valence-electron chi connectivity index (χ4n) is 2.24. The van der Waals surface area contributed by atoms with Gasteiger partial charge < -0.3 is 20.3 Å².